The number of nitrogens with one attached hydrogen (secondary N) is 1. The van der Waals surface area contributed by atoms with Gasteiger partial charge in [-0.15, -0.1) is 0 Å². The monoisotopic (exact) mass is 598 g/mol. The zero-order chi connectivity index (χ0) is 30.6. The van der Waals surface area contributed by atoms with Crippen molar-refractivity contribution in [2.75, 3.05) is 0 Å². The summed E-state index contributed by atoms with van der Waals surface area (Å²) in [4.78, 5) is 3.82. The number of benzene rings is 8. The highest BCUT2D eigenvalue weighted by Gasteiger charge is 2.21. The highest BCUT2D eigenvalue weighted by atomic mass is 16.3. The summed E-state index contributed by atoms with van der Waals surface area (Å²) in [5, 5.41) is 12.1. The van der Waals surface area contributed by atoms with Crippen LogP contribution in [0.4, 0.5) is 0 Å². The maximum Gasteiger partial charge on any atom is 0.160 e. The molecular formula is C44H26N2O. The van der Waals surface area contributed by atoms with Gasteiger partial charge in [0.25, 0.3) is 0 Å². The summed E-state index contributed by atoms with van der Waals surface area (Å²) in [7, 11) is 0. The minimum absolute atomic E-state index is 0.893. The molecule has 3 heterocycles. The molecule has 0 aliphatic heterocycles. The van der Waals surface area contributed by atoms with E-state index in [2.05, 4.69) is 161 Å². The third-order valence-electron chi connectivity index (χ3n) is 10.1. The lowest BCUT2D eigenvalue weighted by Gasteiger charge is -2.09. The summed E-state index contributed by atoms with van der Waals surface area (Å²) in [6.07, 6.45) is 0. The number of rotatable bonds is 2. The number of aromatic nitrogens is 2. The number of aromatic amines is 1. The predicted octanol–water partition coefficient (Wildman–Crippen LogP) is 12.3. The van der Waals surface area contributed by atoms with Crippen molar-refractivity contribution in [2.45, 2.75) is 0 Å². The third-order valence-corrected chi connectivity index (χ3v) is 10.1. The number of hydrogen-bond acceptors (Lipinski definition) is 1. The van der Waals surface area contributed by atoms with Crippen molar-refractivity contribution in [1.82, 2.24) is 9.55 Å². The molecule has 0 saturated heterocycles. The fourth-order valence-electron chi connectivity index (χ4n) is 8.03. The molecule has 11 aromatic rings. The molecule has 47 heavy (non-hydrogen) atoms. The molecule has 0 saturated carbocycles. The summed E-state index contributed by atoms with van der Waals surface area (Å²) in [6, 6.07) is 54.7. The molecule has 0 fully saturated rings. The van der Waals surface area contributed by atoms with E-state index < -0.39 is 0 Å². The third kappa shape index (κ3) is 3.35. The number of para-hydroxylation sites is 2. The van der Waals surface area contributed by atoms with Crippen LogP contribution in [0.15, 0.2) is 156 Å². The van der Waals surface area contributed by atoms with Gasteiger partial charge in [-0.25, -0.2) is 0 Å². The minimum atomic E-state index is 0.893. The van der Waals surface area contributed by atoms with E-state index in [1.165, 1.54) is 65.3 Å². The van der Waals surface area contributed by atoms with Gasteiger partial charge in [0, 0.05) is 43.4 Å². The normalized spacial score (nSPS) is 12.3. The van der Waals surface area contributed by atoms with Gasteiger partial charge in [-0.3, -0.25) is 0 Å². The van der Waals surface area contributed by atoms with Crippen LogP contribution in [0, 0.1) is 0 Å². The number of fused-ring (bicyclic) bond motifs is 15. The second-order valence-electron chi connectivity index (χ2n) is 12.6. The Kier molecular flexibility index (Phi) is 4.84. The van der Waals surface area contributed by atoms with Crippen LogP contribution >= 0.6 is 0 Å². The Morgan fingerprint density at radius 1 is 0.426 bits per heavy atom. The molecule has 0 bridgehead atoms. The first-order valence-electron chi connectivity index (χ1n) is 16.1. The van der Waals surface area contributed by atoms with E-state index in [0.29, 0.717) is 0 Å². The summed E-state index contributed by atoms with van der Waals surface area (Å²) in [5.74, 6) is 0. The molecule has 0 unspecified atom stereocenters. The van der Waals surface area contributed by atoms with E-state index in [9.17, 15) is 0 Å². The molecule has 1 N–H and O–H groups in total. The molecule has 11 rings (SSSR count). The van der Waals surface area contributed by atoms with Crippen LogP contribution < -0.4 is 0 Å². The van der Waals surface area contributed by atoms with Crippen LogP contribution in [-0.2, 0) is 0 Å². The molecule has 0 radical (unpaired) electrons. The van der Waals surface area contributed by atoms with E-state index in [1.54, 1.807) is 0 Å². The first kappa shape index (κ1) is 24.9. The van der Waals surface area contributed by atoms with Crippen molar-refractivity contribution in [1.29, 1.82) is 0 Å². The quantitative estimate of drug-likeness (QED) is 0.211. The Morgan fingerprint density at radius 3 is 1.96 bits per heavy atom. The van der Waals surface area contributed by atoms with E-state index in [4.69, 9.17) is 4.42 Å². The van der Waals surface area contributed by atoms with Crippen LogP contribution in [0.3, 0.4) is 0 Å². The molecular weight excluding hydrogens is 572 g/mol. The van der Waals surface area contributed by atoms with Crippen LogP contribution in [0.2, 0.25) is 0 Å². The zero-order valence-electron chi connectivity index (χ0n) is 25.3. The fourth-order valence-corrected chi connectivity index (χ4v) is 8.03. The second-order valence-corrected chi connectivity index (χ2v) is 12.6. The highest BCUT2D eigenvalue weighted by Crippen LogP contribution is 2.45. The fraction of sp³-hybridized carbons (Fsp3) is 0. The average Bonchev–Trinajstić information content (AvgIpc) is 3.82. The number of H-pyrrole nitrogens is 1. The van der Waals surface area contributed by atoms with Gasteiger partial charge in [-0.2, -0.15) is 0 Å². The molecule has 0 atom stereocenters. The van der Waals surface area contributed by atoms with Gasteiger partial charge in [0.1, 0.15) is 5.58 Å². The number of hydrogen-bond donors (Lipinski definition) is 1. The first-order valence-corrected chi connectivity index (χ1v) is 16.1. The van der Waals surface area contributed by atoms with Crippen molar-refractivity contribution in [3.8, 4) is 16.8 Å². The smallest absolute Gasteiger partial charge is 0.160 e. The van der Waals surface area contributed by atoms with Crippen molar-refractivity contribution in [3.05, 3.63) is 152 Å². The van der Waals surface area contributed by atoms with Crippen LogP contribution in [0.1, 0.15) is 0 Å². The highest BCUT2D eigenvalue weighted by molar-refractivity contribution is 6.36. The van der Waals surface area contributed by atoms with E-state index in [1.807, 2.05) is 0 Å². The molecule has 0 aliphatic rings. The van der Waals surface area contributed by atoms with Crippen LogP contribution in [-0.4, -0.2) is 9.55 Å². The number of furan rings is 1. The van der Waals surface area contributed by atoms with E-state index >= 15 is 0 Å². The Labute approximate surface area is 268 Å². The first-order chi connectivity index (χ1) is 23.3. The summed E-state index contributed by atoms with van der Waals surface area (Å²) >= 11 is 0. The standard InChI is InChI=1S/C44H26N2O/c1-2-11-29(12-3-1)46-37-17-9-8-14-31(37)32-21-19-28(25-38(32)46)27-20-23-39-36(24-27)41-34-16-7-6-15-33(34)40-35-22-18-26-10-4-5-13-30(26)42(35)45-43(40)44(41)47-39/h1-25,45H. The topological polar surface area (TPSA) is 33.9 Å². The SMILES string of the molecule is c1ccc(-n2c3ccccc3c3ccc(-c4ccc5oc6c7[nH]c8c9ccccc9ccc8c7c7ccccc7c6c5c4)cc32)cc1. The lowest BCUT2D eigenvalue weighted by Crippen LogP contribution is -1.93. The maximum absolute atomic E-state index is 6.76. The van der Waals surface area contributed by atoms with Gasteiger partial charge in [0.2, 0.25) is 0 Å². The van der Waals surface area contributed by atoms with Gasteiger partial charge in [0.05, 0.1) is 22.1 Å². The van der Waals surface area contributed by atoms with Crippen LogP contribution in [0.25, 0.3) is 104 Å². The summed E-state index contributed by atoms with van der Waals surface area (Å²) in [5.41, 5.74) is 9.92. The summed E-state index contributed by atoms with van der Waals surface area (Å²) < 4.78 is 9.14. The van der Waals surface area contributed by atoms with Crippen molar-refractivity contribution < 1.29 is 4.42 Å². The largest absolute Gasteiger partial charge is 0.454 e. The van der Waals surface area contributed by atoms with Gasteiger partial charge in [0.15, 0.2) is 5.58 Å². The zero-order valence-corrected chi connectivity index (χ0v) is 25.3. The molecule has 218 valence electrons. The lowest BCUT2D eigenvalue weighted by atomic mass is 9.96. The van der Waals surface area contributed by atoms with Gasteiger partial charge < -0.3 is 14.0 Å². The average molecular weight is 599 g/mol. The van der Waals surface area contributed by atoms with Gasteiger partial charge >= 0.3 is 0 Å². The Bertz CT molecular complexity index is 3070. The Morgan fingerprint density at radius 2 is 1.09 bits per heavy atom. The molecule has 0 aliphatic carbocycles. The molecule has 3 aromatic heterocycles. The molecule has 0 amide bonds. The molecule has 0 spiro atoms. The molecule has 3 heteroatoms. The second kappa shape index (κ2) is 9.12. The van der Waals surface area contributed by atoms with E-state index in [-0.39, 0.29) is 0 Å². The maximum atomic E-state index is 6.76. The van der Waals surface area contributed by atoms with E-state index in [0.717, 1.165) is 38.7 Å². The molecule has 8 aromatic carbocycles. The molecule has 3 nitrogen and oxygen atoms in total. The predicted molar refractivity (Wildman–Crippen MR) is 198 cm³/mol. The van der Waals surface area contributed by atoms with Crippen molar-refractivity contribution in [3.63, 3.8) is 0 Å². The Hall–Kier alpha value is -6.32. The van der Waals surface area contributed by atoms with Crippen molar-refractivity contribution in [2.24, 2.45) is 0 Å². The van der Waals surface area contributed by atoms with Crippen molar-refractivity contribution >= 4 is 87.1 Å². The lowest BCUT2D eigenvalue weighted by molar-refractivity contribution is 0.672. The minimum Gasteiger partial charge on any atom is -0.454 e. The number of nitrogens with zero attached hydrogens (tertiary/aromatic N) is 1. The van der Waals surface area contributed by atoms with Crippen LogP contribution in [0.5, 0.6) is 0 Å². The Balaban J connectivity index is 1.20. The van der Waals surface area contributed by atoms with Gasteiger partial charge in [-0.1, -0.05) is 115 Å². The summed E-state index contributed by atoms with van der Waals surface area (Å²) in [6.45, 7) is 0. The van der Waals surface area contributed by atoms with Gasteiger partial charge in [-0.05, 0) is 63.7 Å².